The largest absolute Gasteiger partial charge is 0.0654 e. The Morgan fingerprint density at radius 3 is 2.31 bits per heavy atom. The minimum atomic E-state index is 0.658. The van der Waals surface area contributed by atoms with E-state index >= 15 is 0 Å². The van der Waals surface area contributed by atoms with Gasteiger partial charge < -0.3 is 0 Å². The average molecular weight is 182 g/mol. The molecule has 0 aromatic rings. The van der Waals surface area contributed by atoms with Crippen LogP contribution < -0.4 is 0 Å². The second kappa shape index (κ2) is 4.48. The highest BCUT2D eigenvalue weighted by atomic mass is 14.5. The van der Waals surface area contributed by atoms with Gasteiger partial charge in [0.15, 0.2) is 0 Å². The molecule has 1 aliphatic carbocycles. The summed E-state index contributed by atoms with van der Waals surface area (Å²) in [6.07, 6.45) is 8.64. The molecular formula is C13H26. The van der Waals surface area contributed by atoms with Crippen LogP contribution in [-0.4, -0.2) is 0 Å². The Labute approximate surface area is 84.1 Å². The topological polar surface area (TPSA) is 0 Å². The third-order valence-corrected chi connectivity index (χ3v) is 3.98. The molecule has 2 atom stereocenters. The van der Waals surface area contributed by atoms with Crippen molar-refractivity contribution in [3.05, 3.63) is 0 Å². The van der Waals surface area contributed by atoms with Crippen molar-refractivity contribution in [2.24, 2.45) is 17.3 Å². The first-order chi connectivity index (χ1) is 6.11. The molecule has 78 valence electrons. The first-order valence-electron chi connectivity index (χ1n) is 6.11. The van der Waals surface area contributed by atoms with Gasteiger partial charge in [0, 0.05) is 0 Å². The van der Waals surface area contributed by atoms with Crippen LogP contribution in [0.15, 0.2) is 0 Å². The Morgan fingerprint density at radius 2 is 1.85 bits per heavy atom. The molecule has 0 aliphatic heterocycles. The van der Waals surface area contributed by atoms with Crippen molar-refractivity contribution in [2.75, 3.05) is 0 Å². The zero-order valence-electron chi connectivity index (χ0n) is 9.90. The second-order valence-electron chi connectivity index (χ2n) is 5.46. The lowest BCUT2D eigenvalue weighted by Gasteiger charge is -2.52. The Bertz CT molecular complexity index is 146. The highest BCUT2D eigenvalue weighted by Gasteiger charge is 2.44. The van der Waals surface area contributed by atoms with Crippen LogP contribution in [0.3, 0.4) is 0 Å². The van der Waals surface area contributed by atoms with Gasteiger partial charge in [-0.05, 0) is 23.7 Å². The van der Waals surface area contributed by atoms with Gasteiger partial charge in [0.2, 0.25) is 0 Å². The summed E-state index contributed by atoms with van der Waals surface area (Å²) in [5.41, 5.74) is 0.658. The molecule has 0 aromatic carbocycles. The Balaban J connectivity index is 2.22. The fraction of sp³-hybridized carbons (Fsp3) is 1.00. The van der Waals surface area contributed by atoms with Crippen LogP contribution in [0.2, 0.25) is 0 Å². The van der Waals surface area contributed by atoms with Crippen molar-refractivity contribution >= 4 is 0 Å². The van der Waals surface area contributed by atoms with Crippen LogP contribution in [0.5, 0.6) is 0 Å². The van der Waals surface area contributed by atoms with Gasteiger partial charge in [0.25, 0.3) is 0 Å². The molecule has 0 amide bonds. The average Bonchev–Trinajstić information content (AvgIpc) is 2.03. The van der Waals surface area contributed by atoms with E-state index in [-0.39, 0.29) is 0 Å². The Hall–Kier alpha value is 0. The van der Waals surface area contributed by atoms with Crippen molar-refractivity contribution in [1.29, 1.82) is 0 Å². The van der Waals surface area contributed by atoms with E-state index in [4.69, 9.17) is 0 Å². The highest BCUT2D eigenvalue weighted by Crippen LogP contribution is 2.54. The molecule has 0 bridgehead atoms. The first kappa shape index (κ1) is 11.1. The van der Waals surface area contributed by atoms with E-state index in [0.717, 1.165) is 11.8 Å². The molecule has 0 N–H and O–H groups in total. The molecule has 1 fully saturated rings. The number of unbranched alkanes of at least 4 members (excludes halogenated alkanes) is 2. The molecule has 2 unspecified atom stereocenters. The maximum absolute atomic E-state index is 2.44. The molecule has 0 heterocycles. The molecule has 0 radical (unpaired) electrons. The fourth-order valence-electron chi connectivity index (χ4n) is 3.29. The molecule has 13 heavy (non-hydrogen) atoms. The van der Waals surface area contributed by atoms with Crippen LogP contribution in [0.25, 0.3) is 0 Å². The van der Waals surface area contributed by atoms with Crippen LogP contribution in [-0.2, 0) is 0 Å². The summed E-state index contributed by atoms with van der Waals surface area (Å²) in [4.78, 5) is 0. The summed E-state index contributed by atoms with van der Waals surface area (Å²) in [5.74, 6) is 2.08. The predicted molar refractivity (Wildman–Crippen MR) is 59.8 cm³/mol. The maximum atomic E-state index is 2.44. The number of hydrogen-bond donors (Lipinski definition) is 0. The van der Waals surface area contributed by atoms with Gasteiger partial charge in [-0.1, -0.05) is 59.8 Å². The minimum Gasteiger partial charge on any atom is -0.0654 e. The Morgan fingerprint density at radius 1 is 1.15 bits per heavy atom. The molecule has 0 saturated heterocycles. The molecule has 0 spiro atoms. The molecule has 1 saturated carbocycles. The summed E-state index contributed by atoms with van der Waals surface area (Å²) in [6.45, 7) is 9.54. The first-order valence-corrected chi connectivity index (χ1v) is 6.11. The molecule has 0 heteroatoms. The van der Waals surface area contributed by atoms with E-state index in [9.17, 15) is 0 Å². The molecule has 1 aliphatic rings. The van der Waals surface area contributed by atoms with Crippen LogP contribution in [0.1, 0.15) is 66.2 Å². The van der Waals surface area contributed by atoms with E-state index in [1.807, 2.05) is 0 Å². The number of hydrogen-bond acceptors (Lipinski definition) is 0. The quantitative estimate of drug-likeness (QED) is 0.543. The summed E-state index contributed by atoms with van der Waals surface area (Å²) < 4.78 is 0. The van der Waals surface area contributed by atoms with Gasteiger partial charge in [-0.3, -0.25) is 0 Å². The third-order valence-electron chi connectivity index (χ3n) is 3.98. The molecular weight excluding hydrogens is 156 g/mol. The lowest BCUT2D eigenvalue weighted by atomic mass is 9.53. The van der Waals surface area contributed by atoms with E-state index in [1.165, 1.54) is 38.5 Å². The lowest BCUT2D eigenvalue weighted by molar-refractivity contribution is -0.0199. The maximum Gasteiger partial charge on any atom is -0.0321 e. The van der Waals surface area contributed by atoms with Gasteiger partial charge >= 0.3 is 0 Å². The predicted octanol–water partition coefficient (Wildman–Crippen LogP) is 4.64. The van der Waals surface area contributed by atoms with E-state index in [0.29, 0.717) is 5.41 Å². The number of rotatable bonds is 5. The van der Waals surface area contributed by atoms with Crippen molar-refractivity contribution in [3.8, 4) is 0 Å². The molecule has 1 rings (SSSR count). The van der Waals surface area contributed by atoms with Crippen molar-refractivity contribution < 1.29 is 0 Å². The molecule has 0 nitrogen and oxygen atoms in total. The summed E-state index contributed by atoms with van der Waals surface area (Å²) >= 11 is 0. The summed E-state index contributed by atoms with van der Waals surface area (Å²) in [5, 5.41) is 0. The van der Waals surface area contributed by atoms with Gasteiger partial charge in [-0.2, -0.15) is 0 Å². The monoisotopic (exact) mass is 182 g/mol. The van der Waals surface area contributed by atoms with E-state index in [2.05, 4.69) is 27.7 Å². The van der Waals surface area contributed by atoms with E-state index in [1.54, 1.807) is 0 Å². The fourth-order valence-corrected chi connectivity index (χ4v) is 3.29. The van der Waals surface area contributed by atoms with Gasteiger partial charge in [0.05, 0.1) is 0 Å². The summed E-state index contributed by atoms with van der Waals surface area (Å²) in [7, 11) is 0. The SMILES string of the molecule is CCCCCC1CC(C)(C)C1CC. The van der Waals surface area contributed by atoms with Gasteiger partial charge in [0.1, 0.15) is 0 Å². The van der Waals surface area contributed by atoms with E-state index < -0.39 is 0 Å². The van der Waals surface area contributed by atoms with Crippen LogP contribution >= 0.6 is 0 Å². The van der Waals surface area contributed by atoms with Crippen molar-refractivity contribution in [1.82, 2.24) is 0 Å². The van der Waals surface area contributed by atoms with Gasteiger partial charge in [-0.25, -0.2) is 0 Å². The Kier molecular flexibility index (Phi) is 3.82. The van der Waals surface area contributed by atoms with Gasteiger partial charge in [-0.15, -0.1) is 0 Å². The van der Waals surface area contributed by atoms with Crippen LogP contribution in [0, 0.1) is 17.3 Å². The van der Waals surface area contributed by atoms with Crippen molar-refractivity contribution in [3.63, 3.8) is 0 Å². The highest BCUT2D eigenvalue weighted by molar-refractivity contribution is 4.94. The van der Waals surface area contributed by atoms with Crippen LogP contribution in [0.4, 0.5) is 0 Å². The standard InChI is InChI=1S/C13H26/c1-5-7-8-9-11-10-13(3,4)12(11)6-2/h11-12H,5-10H2,1-4H3. The summed E-state index contributed by atoms with van der Waals surface area (Å²) in [6, 6.07) is 0. The normalized spacial score (nSPS) is 31.4. The second-order valence-corrected chi connectivity index (χ2v) is 5.46. The zero-order chi connectivity index (χ0) is 9.90. The third kappa shape index (κ3) is 2.48. The molecule has 0 aromatic heterocycles. The zero-order valence-corrected chi connectivity index (χ0v) is 9.90. The smallest absolute Gasteiger partial charge is 0.0321 e. The minimum absolute atomic E-state index is 0.658. The van der Waals surface area contributed by atoms with Crippen molar-refractivity contribution in [2.45, 2.75) is 66.2 Å². The lowest BCUT2D eigenvalue weighted by Crippen LogP contribution is -2.43.